The second-order valence-electron chi connectivity index (χ2n) is 5.67. The second-order valence-corrected chi connectivity index (χ2v) is 5.67. The minimum atomic E-state index is -0.499. The second kappa shape index (κ2) is 8.30. The van der Waals surface area contributed by atoms with E-state index in [-0.39, 0.29) is 6.61 Å². The van der Waals surface area contributed by atoms with Crippen LogP contribution in [0.5, 0.6) is 5.75 Å². The van der Waals surface area contributed by atoms with Gasteiger partial charge >= 0.3 is 6.09 Å². The van der Waals surface area contributed by atoms with Crippen LogP contribution >= 0.6 is 0 Å². The Morgan fingerprint density at radius 3 is 2.68 bits per heavy atom. The van der Waals surface area contributed by atoms with Crippen molar-refractivity contribution >= 4 is 6.09 Å². The molecule has 0 radical (unpaired) electrons. The maximum absolute atomic E-state index is 11.4. The van der Waals surface area contributed by atoms with Crippen molar-refractivity contribution in [1.82, 2.24) is 5.32 Å². The predicted octanol–water partition coefficient (Wildman–Crippen LogP) is 2.45. The summed E-state index contributed by atoms with van der Waals surface area (Å²) in [4.78, 5) is 11.4. The van der Waals surface area contributed by atoms with Crippen molar-refractivity contribution in [2.75, 3.05) is 13.7 Å². The minimum absolute atomic E-state index is 0.0727. The lowest BCUT2D eigenvalue weighted by atomic mass is 10.1. The number of amides is 1. The average molecular weight is 305 g/mol. The third-order valence-electron chi connectivity index (χ3n) is 2.61. The Kier molecular flexibility index (Phi) is 6.74. The summed E-state index contributed by atoms with van der Waals surface area (Å²) in [6.45, 7) is 5.80. The molecule has 2 N–H and O–H groups in total. The molecule has 120 valence electrons. The lowest BCUT2D eigenvalue weighted by Crippen LogP contribution is -2.32. The Hall–Kier alpha value is -2.19. The van der Waals surface area contributed by atoms with E-state index in [0.717, 1.165) is 11.1 Å². The van der Waals surface area contributed by atoms with Gasteiger partial charge in [0.15, 0.2) is 0 Å². The number of hydrogen-bond acceptors (Lipinski definition) is 4. The van der Waals surface area contributed by atoms with Crippen LogP contribution in [0, 0.1) is 11.8 Å². The number of benzene rings is 1. The summed E-state index contributed by atoms with van der Waals surface area (Å²) in [5.74, 6) is 6.57. The van der Waals surface area contributed by atoms with Crippen molar-refractivity contribution < 1.29 is 19.4 Å². The van der Waals surface area contributed by atoms with E-state index >= 15 is 0 Å². The van der Waals surface area contributed by atoms with Crippen LogP contribution in [0.2, 0.25) is 0 Å². The van der Waals surface area contributed by atoms with Gasteiger partial charge in [-0.05, 0) is 32.9 Å². The number of rotatable bonds is 4. The van der Waals surface area contributed by atoms with Crippen molar-refractivity contribution in [2.45, 2.75) is 39.4 Å². The first kappa shape index (κ1) is 17.9. The van der Waals surface area contributed by atoms with Gasteiger partial charge in [0.1, 0.15) is 11.4 Å². The zero-order chi connectivity index (χ0) is 16.6. The molecular formula is C17H23NO4. The zero-order valence-electron chi connectivity index (χ0n) is 13.5. The highest BCUT2D eigenvalue weighted by Gasteiger charge is 2.15. The van der Waals surface area contributed by atoms with Crippen molar-refractivity contribution in [2.24, 2.45) is 0 Å². The lowest BCUT2D eigenvalue weighted by molar-refractivity contribution is 0.0529. The minimum Gasteiger partial charge on any atom is -0.496 e. The molecule has 0 bridgehead atoms. The Labute approximate surface area is 131 Å². The summed E-state index contributed by atoms with van der Waals surface area (Å²) >= 11 is 0. The highest BCUT2D eigenvalue weighted by atomic mass is 16.6. The number of alkyl carbamates (subject to hydrolysis) is 1. The molecule has 0 heterocycles. The highest BCUT2D eigenvalue weighted by Crippen LogP contribution is 2.19. The Balaban J connectivity index is 2.46. The average Bonchev–Trinajstić information content (AvgIpc) is 2.44. The molecule has 0 aliphatic rings. The fraction of sp³-hybridized carbons (Fsp3) is 0.471. The van der Waals surface area contributed by atoms with Gasteiger partial charge < -0.3 is 19.9 Å². The Morgan fingerprint density at radius 2 is 2.09 bits per heavy atom. The van der Waals surface area contributed by atoms with Gasteiger partial charge in [0, 0.05) is 24.1 Å². The molecular weight excluding hydrogens is 282 g/mol. The molecule has 22 heavy (non-hydrogen) atoms. The topological polar surface area (TPSA) is 67.8 Å². The third kappa shape index (κ3) is 6.51. The van der Waals surface area contributed by atoms with Gasteiger partial charge in [-0.2, -0.15) is 0 Å². The third-order valence-corrected chi connectivity index (χ3v) is 2.61. The van der Waals surface area contributed by atoms with E-state index in [9.17, 15) is 4.79 Å². The zero-order valence-corrected chi connectivity index (χ0v) is 13.5. The number of carbonyl (C=O) groups is 1. The molecule has 5 heteroatoms. The summed E-state index contributed by atoms with van der Waals surface area (Å²) in [5, 5.41) is 11.8. The summed E-state index contributed by atoms with van der Waals surface area (Å²) < 4.78 is 10.3. The summed E-state index contributed by atoms with van der Waals surface area (Å²) in [7, 11) is 1.55. The molecule has 1 amide bonds. The summed E-state index contributed by atoms with van der Waals surface area (Å²) in [5.41, 5.74) is 1.02. The quantitative estimate of drug-likeness (QED) is 0.662. The van der Waals surface area contributed by atoms with E-state index in [1.165, 1.54) is 0 Å². The monoisotopic (exact) mass is 305 g/mol. The number of hydrogen-bond donors (Lipinski definition) is 2. The van der Waals surface area contributed by atoms with Gasteiger partial charge in [0.2, 0.25) is 0 Å². The van der Waals surface area contributed by atoms with E-state index in [2.05, 4.69) is 17.2 Å². The van der Waals surface area contributed by atoms with Gasteiger partial charge in [0.25, 0.3) is 0 Å². The normalized spacial score (nSPS) is 10.4. The van der Waals surface area contributed by atoms with Crippen LogP contribution in [0.15, 0.2) is 18.2 Å². The van der Waals surface area contributed by atoms with E-state index in [1.807, 2.05) is 26.8 Å². The SMILES string of the molecule is COc1cc(C#CCCNC(=O)OC(C)(C)C)ccc1CO. The smallest absolute Gasteiger partial charge is 0.407 e. The van der Waals surface area contributed by atoms with Crippen LogP contribution in [0.3, 0.4) is 0 Å². The van der Waals surface area contributed by atoms with E-state index < -0.39 is 11.7 Å². The number of methoxy groups -OCH3 is 1. The van der Waals surface area contributed by atoms with Crippen molar-refractivity contribution in [3.05, 3.63) is 29.3 Å². The predicted molar refractivity (Wildman–Crippen MR) is 84.6 cm³/mol. The van der Waals surface area contributed by atoms with Gasteiger partial charge in [0.05, 0.1) is 13.7 Å². The number of nitrogens with one attached hydrogen (secondary N) is 1. The number of aliphatic hydroxyl groups is 1. The van der Waals surface area contributed by atoms with Crippen LogP contribution in [0.25, 0.3) is 0 Å². The Bertz CT molecular complexity index is 564. The van der Waals surface area contributed by atoms with Gasteiger partial charge in [-0.3, -0.25) is 0 Å². The van der Waals surface area contributed by atoms with Crippen LogP contribution in [-0.2, 0) is 11.3 Å². The maximum Gasteiger partial charge on any atom is 0.407 e. The van der Waals surface area contributed by atoms with Crippen LogP contribution in [-0.4, -0.2) is 30.5 Å². The lowest BCUT2D eigenvalue weighted by Gasteiger charge is -2.19. The number of aliphatic hydroxyl groups excluding tert-OH is 1. The largest absolute Gasteiger partial charge is 0.496 e. The van der Waals surface area contributed by atoms with Gasteiger partial charge in [-0.15, -0.1) is 0 Å². The summed E-state index contributed by atoms with van der Waals surface area (Å²) in [6.07, 6.45) is 0.0758. The maximum atomic E-state index is 11.4. The molecule has 0 aromatic heterocycles. The van der Waals surface area contributed by atoms with Gasteiger partial charge in [-0.1, -0.05) is 17.9 Å². The molecule has 0 saturated carbocycles. The molecule has 0 aliphatic carbocycles. The van der Waals surface area contributed by atoms with Crippen LogP contribution in [0.4, 0.5) is 4.79 Å². The van der Waals surface area contributed by atoms with Crippen molar-refractivity contribution in [3.8, 4) is 17.6 Å². The standard InChI is InChI=1S/C17H23NO4/c1-17(2,3)22-16(20)18-10-6-5-7-13-8-9-14(12-19)15(11-13)21-4/h8-9,11,19H,6,10,12H2,1-4H3,(H,18,20). The first-order valence-corrected chi connectivity index (χ1v) is 7.09. The van der Waals surface area contributed by atoms with E-state index in [1.54, 1.807) is 19.2 Å². The molecule has 0 spiro atoms. The molecule has 0 saturated heterocycles. The fourth-order valence-electron chi connectivity index (χ4n) is 1.66. The Morgan fingerprint density at radius 1 is 1.36 bits per heavy atom. The molecule has 1 rings (SSSR count). The van der Waals surface area contributed by atoms with Gasteiger partial charge in [-0.25, -0.2) is 4.79 Å². The summed E-state index contributed by atoms with van der Waals surface area (Å²) in [6, 6.07) is 5.38. The molecule has 0 atom stereocenters. The fourth-order valence-corrected chi connectivity index (χ4v) is 1.66. The van der Waals surface area contributed by atoms with Crippen molar-refractivity contribution in [1.29, 1.82) is 0 Å². The number of ether oxygens (including phenoxy) is 2. The van der Waals surface area contributed by atoms with Crippen molar-refractivity contribution in [3.63, 3.8) is 0 Å². The van der Waals surface area contributed by atoms with Crippen LogP contribution in [0.1, 0.15) is 38.3 Å². The first-order chi connectivity index (χ1) is 10.4. The molecule has 0 aliphatic heterocycles. The van der Waals surface area contributed by atoms with Crippen LogP contribution < -0.4 is 10.1 Å². The van der Waals surface area contributed by atoms with E-state index in [0.29, 0.717) is 18.7 Å². The molecule has 0 unspecified atom stereocenters. The highest BCUT2D eigenvalue weighted by molar-refractivity contribution is 5.67. The number of carbonyl (C=O) groups excluding carboxylic acids is 1. The first-order valence-electron chi connectivity index (χ1n) is 7.09. The van der Waals surface area contributed by atoms with E-state index in [4.69, 9.17) is 14.6 Å². The molecule has 1 aromatic rings. The molecule has 1 aromatic carbocycles. The molecule has 0 fully saturated rings. The molecule has 5 nitrogen and oxygen atoms in total.